The zero-order chi connectivity index (χ0) is 28.8. The summed E-state index contributed by atoms with van der Waals surface area (Å²) in [6.07, 6.45) is 5.70. The first-order valence-corrected chi connectivity index (χ1v) is 14.5. The van der Waals surface area contributed by atoms with Crippen molar-refractivity contribution in [2.24, 2.45) is 11.8 Å². The molecule has 0 bridgehead atoms. The molecule has 0 saturated heterocycles. The van der Waals surface area contributed by atoms with Gasteiger partial charge < -0.3 is 15.4 Å². The summed E-state index contributed by atoms with van der Waals surface area (Å²) in [5, 5.41) is 0. The minimum Gasteiger partial charge on any atom is -0.490 e. The Morgan fingerprint density at radius 2 is 1.59 bits per heavy atom. The molecule has 2 rings (SSSR count). The maximum Gasteiger partial charge on any atom is 0.226 e. The Kier molecular flexibility index (Phi) is 13.9. The number of benzene rings is 2. The van der Waals surface area contributed by atoms with Crippen molar-refractivity contribution in [2.75, 3.05) is 13.6 Å². The number of nitrogens with zero attached hydrogens (tertiary/aromatic N) is 1. The second kappa shape index (κ2) is 16.9. The number of aryl methyl sites for hydroxylation is 1. The van der Waals surface area contributed by atoms with Gasteiger partial charge >= 0.3 is 0 Å². The molecule has 4 atom stereocenters. The van der Waals surface area contributed by atoms with Gasteiger partial charge in [-0.15, -0.1) is 0 Å². The van der Waals surface area contributed by atoms with Crippen molar-refractivity contribution >= 4 is 17.5 Å². The van der Waals surface area contributed by atoms with Gasteiger partial charge in [-0.2, -0.15) is 0 Å². The number of para-hydroxylation sites is 1. The molecule has 0 aliphatic carbocycles. The largest absolute Gasteiger partial charge is 0.490 e. The molecule has 0 aromatic heterocycles. The van der Waals surface area contributed by atoms with E-state index in [1.165, 1.54) is 5.56 Å². The van der Waals surface area contributed by atoms with Crippen LogP contribution >= 0.6 is 0 Å². The number of rotatable bonds is 18. The Bertz CT molecular complexity index is 1040. The van der Waals surface area contributed by atoms with Gasteiger partial charge in [-0.05, 0) is 70.1 Å². The summed E-state index contributed by atoms with van der Waals surface area (Å²) in [5.74, 6) is 0.265. The molecule has 39 heavy (non-hydrogen) atoms. The van der Waals surface area contributed by atoms with Gasteiger partial charge in [-0.1, -0.05) is 61.9 Å². The highest BCUT2D eigenvalue weighted by Gasteiger charge is 2.30. The maximum atomic E-state index is 13.5. The van der Waals surface area contributed by atoms with E-state index in [0.29, 0.717) is 12.8 Å². The van der Waals surface area contributed by atoms with Crippen LogP contribution in [0.15, 0.2) is 54.6 Å². The number of carbonyl (C=O) groups excluding carboxylic acids is 3. The third-order valence-corrected chi connectivity index (χ3v) is 7.65. The average Bonchev–Trinajstić information content (AvgIpc) is 2.93. The van der Waals surface area contributed by atoms with E-state index < -0.39 is 6.04 Å². The molecule has 0 heterocycles. The lowest BCUT2D eigenvalue weighted by molar-refractivity contribution is -0.368. The van der Waals surface area contributed by atoms with E-state index in [9.17, 15) is 14.4 Å². The van der Waals surface area contributed by atoms with Crippen LogP contribution in [0, 0.1) is 11.8 Å². The Morgan fingerprint density at radius 3 is 2.23 bits per heavy atom. The number of quaternary nitrogens is 1. The van der Waals surface area contributed by atoms with Crippen LogP contribution in [0.1, 0.15) is 77.3 Å². The Morgan fingerprint density at radius 1 is 0.923 bits per heavy atom. The van der Waals surface area contributed by atoms with Gasteiger partial charge in [0.15, 0.2) is 5.78 Å². The van der Waals surface area contributed by atoms with Crippen LogP contribution in [-0.2, 0) is 27.2 Å². The summed E-state index contributed by atoms with van der Waals surface area (Å²) in [4.78, 5) is 40.6. The normalized spacial score (nSPS) is 14.2. The van der Waals surface area contributed by atoms with E-state index in [0.717, 1.165) is 50.0 Å². The van der Waals surface area contributed by atoms with Crippen molar-refractivity contribution in [1.29, 1.82) is 0 Å². The minimum atomic E-state index is -0.580. The lowest BCUT2D eigenvalue weighted by Gasteiger charge is -2.29. The molecule has 0 fully saturated rings. The van der Waals surface area contributed by atoms with Crippen LogP contribution in [0.5, 0.6) is 5.75 Å². The highest BCUT2D eigenvalue weighted by molar-refractivity contribution is 5.92. The number of carbonyl (C=O) groups is 3. The fourth-order valence-corrected chi connectivity index (χ4v) is 4.96. The number of Topliss-reactive ketones (excluding diaryl/α,β-unsaturated/α-hetero) is 2. The smallest absolute Gasteiger partial charge is 0.226 e. The average molecular weight is 538 g/mol. The van der Waals surface area contributed by atoms with Crippen LogP contribution in [0.3, 0.4) is 0 Å². The summed E-state index contributed by atoms with van der Waals surface area (Å²) < 4.78 is 6.28. The summed E-state index contributed by atoms with van der Waals surface area (Å²) >= 11 is 0. The fraction of sp³-hybridized carbons (Fsp3) is 0.545. The number of ether oxygens (including phenoxy) is 1. The number of ketones is 2. The van der Waals surface area contributed by atoms with E-state index in [1.807, 2.05) is 48.5 Å². The van der Waals surface area contributed by atoms with Crippen molar-refractivity contribution in [1.82, 2.24) is 4.90 Å². The quantitative estimate of drug-likeness (QED) is 0.287. The topological polar surface area (TPSA) is 91.3 Å². The predicted molar refractivity (Wildman–Crippen MR) is 156 cm³/mol. The van der Waals surface area contributed by atoms with E-state index in [-0.39, 0.29) is 41.8 Å². The SMILES string of the molecule is CCC[C@H](CCC(C)Oc1ccccc1CCC[NH3+])C(=O)N(C)[C@H](C)C(=O)C[C@H](Cc1ccccc1)C(C)=O. The van der Waals surface area contributed by atoms with Crippen LogP contribution in [0.2, 0.25) is 0 Å². The monoisotopic (exact) mass is 537 g/mol. The van der Waals surface area contributed by atoms with Crippen molar-refractivity contribution in [3.8, 4) is 5.75 Å². The minimum absolute atomic E-state index is 0.000774. The molecule has 6 nitrogen and oxygen atoms in total. The van der Waals surface area contributed by atoms with Gasteiger partial charge in [0.25, 0.3) is 0 Å². The van der Waals surface area contributed by atoms with Gasteiger partial charge in [-0.3, -0.25) is 14.4 Å². The molecule has 0 spiro atoms. The summed E-state index contributed by atoms with van der Waals surface area (Å²) in [6, 6.07) is 17.3. The van der Waals surface area contributed by atoms with Crippen LogP contribution in [-0.4, -0.2) is 48.1 Å². The van der Waals surface area contributed by atoms with Gasteiger partial charge in [-0.25, -0.2) is 0 Å². The van der Waals surface area contributed by atoms with E-state index >= 15 is 0 Å². The summed E-state index contributed by atoms with van der Waals surface area (Å²) in [7, 11) is 1.71. The number of likely N-dealkylation sites (N-methyl/N-ethyl adjacent to an activating group) is 1. The van der Waals surface area contributed by atoms with E-state index in [1.54, 1.807) is 25.8 Å². The van der Waals surface area contributed by atoms with Crippen LogP contribution < -0.4 is 10.5 Å². The molecule has 1 unspecified atom stereocenters. The Labute approximate surface area is 235 Å². The third-order valence-electron chi connectivity index (χ3n) is 7.65. The molecule has 1 amide bonds. The maximum absolute atomic E-state index is 13.5. The first-order chi connectivity index (χ1) is 18.7. The fourth-order valence-electron chi connectivity index (χ4n) is 4.96. The lowest BCUT2D eigenvalue weighted by Crippen LogP contribution is -2.50. The molecule has 2 aromatic carbocycles. The first-order valence-electron chi connectivity index (χ1n) is 14.5. The highest BCUT2D eigenvalue weighted by Crippen LogP contribution is 2.25. The summed E-state index contributed by atoms with van der Waals surface area (Å²) in [5.41, 5.74) is 6.16. The number of hydrogen-bond acceptors (Lipinski definition) is 4. The zero-order valence-corrected chi connectivity index (χ0v) is 24.7. The second-order valence-corrected chi connectivity index (χ2v) is 10.8. The van der Waals surface area contributed by atoms with Crippen LogP contribution in [0.25, 0.3) is 0 Å². The van der Waals surface area contributed by atoms with Gasteiger partial charge in [0, 0.05) is 31.7 Å². The van der Waals surface area contributed by atoms with Crippen LogP contribution in [0.4, 0.5) is 0 Å². The zero-order valence-electron chi connectivity index (χ0n) is 24.7. The molecule has 214 valence electrons. The molecule has 0 aliphatic rings. The molecule has 2 aromatic rings. The van der Waals surface area contributed by atoms with E-state index in [4.69, 9.17) is 4.74 Å². The number of amides is 1. The van der Waals surface area contributed by atoms with Gasteiger partial charge in [0.2, 0.25) is 5.91 Å². The van der Waals surface area contributed by atoms with Gasteiger partial charge in [0.1, 0.15) is 11.5 Å². The molecule has 0 saturated carbocycles. The number of hydrogen-bond donors (Lipinski definition) is 1. The second-order valence-electron chi connectivity index (χ2n) is 10.8. The molecular formula is C33H49N2O4+. The molecule has 0 radical (unpaired) electrons. The Hall–Kier alpha value is -2.99. The third kappa shape index (κ3) is 10.6. The Balaban J connectivity index is 1.97. The van der Waals surface area contributed by atoms with E-state index in [2.05, 4.69) is 25.6 Å². The predicted octanol–water partition coefficient (Wildman–Crippen LogP) is 5.08. The first kappa shape index (κ1) is 32.2. The molecular weight excluding hydrogens is 488 g/mol. The van der Waals surface area contributed by atoms with Crippen molar-refractivity contribution in [2.45, 2.75) is 91.2 Å². The van der Waals surface area contributed by atoms with Crippen molar-refractivity contribution < 1.29 is 24.9 Å². The van der Waals surface area contributed by atoms with Crippen molar-refractivity contribution in [3.63, 3.8) is 0 Å². The summed E-state index contributed by atoms with van der Waals surface area (Å²) in [6.45, 7) is 8.34. The lowest BCUT2D eigenvalue weighted by atomic mass is 9.89. The molecule has 0 aliphatic heterocycles. The van der Waals surface area contributed by atoms with Crippen molar-refractivity contribution in [3.05, 3.63) is 65.7 Å². The van der Waals surface area contributed by atoms with Gasteiger partial charge in [0.05, 0.1) is 18.7 Å². The molecule has 3 N–H and O–H groups in total. The standard InChI is InChI=1S/C33H48N2O4/c1-6-13-29(20-19-24(2)39-32-18-11-10-16-28(32)17-12-21-34)33(38)35(5)25(3)31(37)23-30(26(4)36)22-27-14-8-7-9-15-27/h7-11,14-16,18,24-25,29-30H,6,12-13,17,19-23,34H2,1-5H3/p+1/t24?,25-,29-,30+/m1/s1. The highest BCUT2D eigenvalue weighted by atomic mass is 16.5. The molecule has 6 heteroatoms.